The van der Waals surface area contributed by atoms with E-state index in [1.165, 1.54) is 4.90 Å². The van der Waals surface area contributed by atoms with Crippen LogP contribution in [0.4, 0.5) is 0 Å². The molecule has 0 bridgehead atoms. The third kappa shape index (κ3) is 3.55. The van der Waals surface area contributed by atoms with Crippen LogP contribution in [0.15, 0.2) is 51.8 Å². The molecule has 104 valence electrons. The van der Waals surface area contributed by atoms with Crippen molar-refractivity contribution in [2.24, 2.45) is 5.73 Å². The number of thioether (sulfide) groups is 1. The fourth-order valence-corrected chi connectivity index (χ4v) is 3.28. The van der Waals surface area contributed by atoms with Crippen molar-refractivity contribution in [2.45, 2.75) is 10.6 Å². The maximum Gasteiger partial charge on any atom is 0.130 e. The van der Waals surface area contributed by atoms with E-state index in [9.17, 15) is 0 Å². The van der Waals surface area contributed by atoms with Crippen molar-refractivity contribution in [3.63, 3.8) is 0 Å². The Morgan fingerprint density at radius 3 is 2.70 bits per heavy atom. The molecule has 3 nitrogen and oxygen atoms in total. The van der Waals surface area contributed by atoms with Crippen LogP contribution in [0.3, 0.4) is 0 Å². The highest BCUT2D eigenvalue weighted by molar-refractivity contribution is 9.10. The molecule has 0 aliphatic rings. The van der Waals surface area contributed by atoms with Crippen molar-refractivity contribution in [1.29, 1.82) is 5.41 Å². The Hall–Kier alpha value is -1.46. The molecule has 0 radical (unpaired) electrons. The summed E-state index contributed by atoms with van der Waals surface area (Å²) in [5, 5.41) is 7.50. The van der Waals surface area contributed by atoms with E-state index >= 15 is 0 Å². The minimum absolute atomic E-state index is 0.0202. The normalized spacial score (nSPS) is 10.3. The van der Waals surface area contributed by atoms with Gasteiger partial charge in [-0.25, -0.2) is 0 Å². The van der Waals surface area contributed by atoms with E-state index in [4.69, 9.17) is 15.9 Å². The molecule has 2 rings (SSSR count). The predicted molar refractivity (Wildman–Crippen MR) is 87.7 cm³/mol. The molecule has 0 atom stereocenters. The van der Waals surface area contributed by atoms with E-state index in [0.717, 1.165) is 15.8 Å². The average molecular weight is 351 g/mol. The molecule has 3 N–H and O–H groups in total. The molecular weight excluding hydrogens is 336 g/mol. The number of halogens is 1. The molecule has 0 amide bonds. The third-order valence-electron chi connectivity index (χ3n) is 2.79. The number of hydrogen-bond donors (Lipinski definition) is 2. The van der Waals surface area contributed by atoms with Gasteiger partial charge in [-0.15, -0.1) is 11.8 Å². The number of nitrogens with one attached hydrogen (secondary N) is 1. The molecule has 0 fully saturated rings. The van der Waals surface area contributed by atoms with Crippen LogP contribution in [-0.4, -0.2) is 12.9 Å². The second kappa shape index (κ2) is 6.81. The van der Waals surface area contributed by atoms with Gasteiger partial charge >= 0.3 is 0 Å². The number of nitrogens with two attached hydrogens (primary N) is 1. The molecule has 20 heavy (non-hydrogen) atoms. The number of rotatable bonds is 5. The SMILES string of the molecule is COc1cc(CSc2ccccc2Br)ccc1C(=N)N. The van der Waals surface area contributed by atoms with Crippen molar-refractivity contribution in [2.75, 3.05) is 7.11 Å². The minimum Gasteiger partial charge on any atom is -0.496 e. The zero-order valence-corrected chi connectivity index (χ0v) is 13.4. The summed E-state index contributed by atoms with van der Waals surface area (Å²) in [6.07, 6.45) is 0. The molecule has 5 heteroatoms. The minimum atomic E-state index is 0.0202. The molecule has 2 aromatic carbocycles. The Kier molecular flexibility index (Phi) is 5.09. The molecule has 0 aromatic heterocycles. The summed E-state index contributed by atoms with van der Waals surface area (Å²) in [4.78, 5) is 1.20. The van der Waals surface area contributed by atoms with Crippen molar-refractivity contribution in [3.8, 4) is 5.75 Å². The van der Waals surface area contributed by atoms with Gasteiger partial charge < -0.3 is 10.5 Å². The first-order valence-electron chi connectivity index (χ1n) is 6.00. The zero-order valence-electron chi connectivity index (χ0n) is 11.0. The first-order valence-corrected chi connectivity index (χ1v) is 7.78. The van der Waals surface area contributed by atoms with Gasteiger partial charge in [0.2, 0.25) is 0 Å². The van der Waals surface area contributed by atoms with Gasteiger partial charge in [0.15, 0.2) is 0 Å². The number of amidine groups is 1. The molecule has 0 aliphatic heterocycles. The summed E-state index contributed by atoms with van der Waals surface area (Å²) in [7, 11) is 1.59. The Balaban J connectivity index is 2.15. The summed E-state index contributed by atoms with van der Waals surface area (Å²) in [5.74, 6) is 1.49. The molecule has 0 heterocycles. The molecular formula is C15H15BrN2OS. The molecule has 0 aliphatic carbocycles. The lowest BCUT2D eigenvalue weighted by Gasteiger charge is -2.10. The Morgan fingerprint density at radius 2 is 2.05 bits per heavy atom. The van der Waals surface area contributed by atoms with E-state index in [2.05, 4.69) is 22.0 Å². The molecule has 0 spiro atoms. The Labute approximate surface area is 131 Å². The van der Waals surface area contributed by atoms with Gasteiger partial charge in [-0.3, -0.25) is 5.41 Å². The van der Waals surface area contributed by atoms with Gasteiger partial charge in [0.1, 0.15) is 11.6 Å². The Morgan fingerprint density at radius 1 is 1.30 bits per heavy atom. The topological polar surface area (TPSA) is 59.1 Å². The summed E-state index contributed by atoms with van der Waals surface area (Å²) in [6.45, 7) is 0. The van der Waals surface area contributed by atoms with E-state index in [-0.39, 0.29) is 5.84 Å². The maximum absolute atomic E-state index is 7.50. The van der Waals surface area contributed by atoms with Crippen molar-refractivity contribution in [3.05, 3.63) is 58.1 Å². The number of methoxy groups -OCH3 is 1. The second-order valence-electron chi connectivity index (χ2n) is 4.17. The lowest BCUT2D eigenvalue weighted by atomic mass is 10.1. The molecule has 2 aromatic rings. The molecule has 0 saturated heterocycles. The smallest absolute Gasteiger partial charge is 0.130 e. The van der Waals surface area contributed by atoms with Gasteiger partial charge in [0.25, 0.3) is 0 Å². The van der Waals surface area contributed by atoms with Crippen LogP contribution >= 0.6 is 27.7 Å². The monoisotopic (exact) mass is 350 g/mol. The summed E-state index contributed by atoms with van der Waals surface area (Å²) < 4.78 is 6.38. The van der Waals surface area contributed by atoms with Crippen LogP contribution in [0.25, 0.3) is 0 Å². The third-order valence-corrected chi connectivity index (χ3v) is 4.89. The van der Waals surface area contributed by atoms with Gasteiger partial charge in [-0.2, -0.15) is 0 Å². The highest BCUT2D eigenvalue weighted by atomic mass is 79.9. The van der Waals surface area contributed by atoms with Crippen molar-refractivity contribution < 1.29 is 4.74 Å². The fourth-order valence-electron chi connectivity index (χ4n) is 1.77. The first-order chi connectivity index (χ1) is 9.61. The van der Waals surface area contributed by atoms with Crippen LogP contribution in [-0.2, 0) is 5.75 Å². The number of nitrogen functional groups attached to an aromatic ring is 1. The van der Waals surface area contributed by atoms with Crippen LogP contribution in [0.2, 0.25) is 0 Å². The molecule has 0 saturated carbocycles. The van der Waals surface area contributed by atoms with E-state index < -0.39 is 0 Å². The average Bonchev–Trinajstić information content (AvgIpc) is 2.46. The largest absolute Gasteiger partial charge is 0.496 e. The lowest BCUT2D eigenvalue weighted by molar-refractivity contribution is 0.413. The summed E-state index contributed by atoms with van der Waals surface area (Å²) >= 11 is 5.28. The van der Waals surface area contributed by atoms with Gasteiger partial charge in [-0.05, 0) is 45.8 Å². The van der Waals surface area contributed by atoms with Crippen LogP contribution < -0.4 is 10.5 Å². The first kappa shape index (κ1) is 14.9. The quantitative estimate of drug-likeness (QED) is 0.486. The molecule has 0 unspecified atom stereocenters. The fraction of sp³-hybridized carbons (Fsp3) is 0.133. The maximum atomic E-state index is 7.50. The van der Waals surface area contributed by atoms with Crippen molar-refractivity contribution >= 4 is 33.5 Å². The zero-order chi connectivity index (χ0) is 14.5. The van der Waals surface area contributed by atoms with Gasteiger partial charge in [0, 0.05) is 15.1 Å². The number of benzene rings is 2. The van der Waals surface area contributed by atoms with E-state index in [0.29, 0.717) is 11.3 Å². The standard InChI is InChI=1S/C15H15BrN2OS/c1-19-13-8-10(6-7-11(13)15(17)18)9-20-14-5-3-2-4-12(14)16/h2-8H,9H2,1H3,(H3,17,18). The highest BCUT2D eigenvalue weighted by Gasteiger charge is 2.08. The number of ether oxygens (including phenoxy) is 1. The Bertz CT molecular complexity index is 631. The van der Waals surface area contributed by atoms with Crippen LogP contribution in [0.5, 0.6) is 5.75 Å². The van der Waals surface area contributed by atoms with Gasteiger partial charge in [-0.1, -0.05) is 18.2 Å². The second-order valence-corrected chi connectivity index (χ2v) is 6.04. The number of hydrogen-bond acceptors (Lipinski definition) is 3. The van der Waals surface area contributed by atoms with Crippen LogP contribution in [0, 0.1) is 5.41 Å². The van der Waals surface area contributed by atoms with Crippen LogP contribution in [0.1, 0.15) is 11.1 Å². The highest BCUT2D eigenvalue weighted by Crippen LogP contribution is 2.31. The lowest BCUT2D eigenvalue weighted by Crippen LogP contribution is -2.12. The van der Waals surface area contributed by atoms with E-state index in [1.807, 2.05) is 36.4 Å². The van der Waals surface area contributed by atoms with Gasteiger partial charge in [0.05, 0.1) is 12.7 Å². The predicted octanol–water partition coefficient (Wildman–Crippen LogP) is 4.03. The van der Waals surface area contributed by atoms with E-state index in [1.54, 1.807) is 18.9 Å². The summed E-state index contributed by atoms with van der Waals surface area (Å²) in [6, 6.07) is 13.9. The van der Waals surface area contributed by atoms with Crippen molar-refractivity contribution in [1.82, 2.24) is 0 Å². The summed E-state index contributed by atoms with van der Waals surface area (Å²) in [5.41, 5.74) is 7.28.